The average Bonchev–Trinajstić information content (AvgIpc) is 2.81. The Balaban J connectivity index is 2.60. The van der Waals surface area contributed by atoms with Crippen molar-refractivity contribution in [2.24, 2.45) is 5.92 Å². The Hall–Kier alpha value is -2.10. The van der Waals surface area contributed by atoms with Crippen molar-refractivity contribution in [1.82, 2.24) is 20.9 Å². The minimum absolute atomic E-state index is 0.0258. The van der Waals surface area contributed by atoms with Crippen LogP contribution in [0.1, 0.15) is 33.6 Å². The molecule has 3 atom stereocenters. The van der Waals surface area contributed by atoms with Crippen molar-refractivity contribution in [2.75, 3.05) is 13.6 Å². The highest BCUT2D eigenvalue weighted by molar-refractivity contribution is 7.81. The van der Waals surface area contributed by atoms with Crippen molar-refractivity contribution in [3.8, 4) is 0 Å². The first-order valence-corrected chi connectivity index (χ1v) is 8.93. The van der Waals surface area contributed by atoms with E-state index in [4.69, 9.17) is 0 Å². The Morgan fingerprint density at radius 1 is 1.15 bits per heavy atom. The molecule has 3 N–H and O–H groups in total. The van der Waals surface area contributed by atoms with Gasteiger partial charge in [0.2, 0.25) is 29.5 Å². The lowest BCUT2D eigenvalue weighted by molar-refractivity contribution is -0.139. The van der Waals surface area contributed by atoms with Crippen LogP contribution in [-0.4, -0.2) is 65.4 Å². The predicted molar refractivity (Wildman–Crippen MR) is 97.2 cm³/mol. The zero-order valence-corrected chi connectivity index (χ0v) is 16.3. The summed E-state index contributed by atoms with van der Waals surface area (Å²) in [6, 6.07) is -1.57. The van der Waals surface area contributed by atoms with Crippen molar-refractivity contribution in [3.63, 3.8) is 0 Å². The van der Waals surface area contributed by atoms with Gasteiger partial charge in [0.25, 0.3) is 0 Å². The number of hydrogen-bond acceptors (Lipinski definition) is 6. The van der Waals surface area contributed by atoms with Crippen molar-refractivity contribution in [2.45, 2.75) is 50.9 Å². The van der Waals surface area contributed by atoms with Gasteiger partial charge in [-0.2, -0.15) is 12.6 Å². The zero-order chi connectivity index (χ0) is 20.0. The van der Waals surface area contributed by atoms with E-state index >= 15 is 0 Å². The van der Waals surface area contributed by atoms with Gasteiger partial charge >= 0.3 is 0 Å². The molecule has 1 heterocycles. The topological polar surface area (TPSA) is 125 Å². The van der Waals surface area contributed by atoms with Gasteiger partial charge in [0, 0.05) is 26.4 Å². The number of hydrogen-bond donors (Lipinski definition) is 4. The van der Waals surface area contributed by atoms with Crippen LogP contribution < -0.4 is 16.0 Å². The largest absolute Gasteiger partial charge is 0.357 e. The number of imide groups is 1. The van der Waals surface area contributed by atoms with Gasteiger partial charge in [0.05, 0.1) is 5.25 Å². The first kappa shape index (κ1) is 21.9. The SMILES string of the molecule is CNC(=O)[C@H](C)NC(=O)C(NC(=O)CCN1C(=O)CC(S)C1=O)C(C)C. The first-order valence-electron chi connectivity index (χ1n) is 8.42. The Kier molecular flexibility index (Phi) is 8.07. The number of amides is 5. The smallest absolute Gasteiger partial charge is 0.243 e. The highest BCUT2D eigenvalue weighted by Gasteiger charge is 2.36. The molecule has 10 heteroatoms. The van der Waals surface area contributed by atoms with E-state index in [9.17, 15) is 24.0 Å². The molecule has 1 rings (SSSR count). The normalized spacial score (nSPS) is 19.3. The maximum Gasteiger partial charge on any atom is 0.243 e. The molecule has 0 bridgehead atoms. The van der Waals surface area contributed by atoms with Crippen molar-refractivity contribution >= 4 is 42.2 Å². The molecular formula is C16H26N4O5S. The number of nitrogens with zero attached hydrogens (tertiary/aromatic N) is 1. The average molecular weight is 386 g/mol. The summed E-state index contributed by atoms with van der Waals surface area (Å²) in [5.74, 6) is -2.28. The number of thiol groups is 1. The summed E-state index contributed by atoms with van der Waals surface area (Å²) in [4.78, 5) is 60.5. The molecule has 1 saturated heterocycles. The number of carbonyl (C=O) groups is 5. The Morgan fingerprint density at radius 2 is 1.77 bits per heavy atom. The van der Waals surface area contributed by atoms with E-state index < -0.39 is 35.1 Å². The summed E-state index contributed by atoms with van der Waals surface area (Å²) in [5, 5.41) is 6.90. The van der Waals surface area contributed by atoms with Crippen LogP contribution in [0.5, 0.6) is 0 Å². The van der Waals surface area contributed by atoms with Gasteiger partial charge in [-0.05, 0) is 12.8 Å². The highest BCUT2D eigenvalue weighted by Crippen LogP contribution is 2.17. The molecule has 146 valence electrons. The summed E-state index contributed by atoms with van der Waals surface area (Å²) in [5.41, 5.74) is 0. The third-order valence-electron chi connectivity index (χ3n) is 4.05. The monoisotopic (exact) mass is 386 g/mol. The predicted octanol–water partition coefficient (Wildman–Crippen LogP) is -1.17. The van der Waals surface area contributed by atoms with Crippen LogP contribution in [0.3, 0.4) is 0 Å². The second kappa shape index (κ2) is 9.56. The molecule has 1 aliphatic rings. The van der Waals surface area contributed by atoms with Crippen LogP contribution >= 0.6 is 12.6 Å². The van der Waals surface area contributed by atoms with Gasteiger partial charge in [0.15, 0.2) is 0 Å². The minimum Gasteiger partial charge on any atom is -0.357 e. The number of rotatable bonds is 8. The first-order chi connectivity index (χ1) is 12.1. The maximum absolute atomic E-state index is 12.3. The molecule has 1 aliphatic heterocycles. The number of carbonyl (C=O) groups excluding carboxylic acids is 5. The molecule has 0 aliphatic carbocycles. The van der Waals surface area contributed by atoms with Gasteiger partial charge in [0.1, 0.15) is 12.1 Å². The van der Waals surface area contributed by atoms with Crippen LogP contribution in [0.4, 0.5) is 0 Å². The summed E-state index contributed by atoms with van der Waals surface area (Å²) in [7, 11) is 1.46. The number of likely N-dealkylation sites (N-methyl/N-ethyl adjacent to an activating group) is 1. The second-order valence-electron chi connectivity index (χ2n) is 6.49. The Labute approximate surface area is 158 Å². The van der Waals surface area contributed by atoms with Crippen LogP contribution in [0, 0.1) is 5.92 Å². The van der Waals surface area contributed by atoms with E-state index in [0.717, 1.165) is 4.90 Å². The van der Waals surface area contributed by atoms with E-state index in [1.54, 1.807) is 13.8 Å². The standard InChI is InChI=1S/C16H26N4O5S/c1-8(2)13(15(24)18-9(3)14(23)17-4)19-11(21)5-6-20-12(22)7-10(26)16(20)25/h8-10,13,26H,5-7H2,1-4H3,(H,17,23)(H,18,24)(H,19,21)/t9-,10?,13?/m0/s1. The fraction of sp³-hybridized carbons (Fsp3) is 0.688. The third-order valence-corrected chi connectivity index (χ3v) is 4.45. The van der Waals surface area contributed by atoms with Gasteiger partial charge in [-0.3, -0.25) is 28.9 Å². The number of nitrogens with one attached hydrogen (secondary N) is 3. The van der Waals surface area contributed by atoms with E-state index in [1.807, 2.05) is 0 Å². The number of likely N-dealkylation sites (tertiary alicyclic amines) is 1. The van der Waals surface area contributed by atoms with Gasteiger partial charge in [-0.1, -0.05) is 13.8 Å². The van der Waals surface area contributed by atoms with Crippen LogP contribution in [0.25, 0.3) is 0 Å². The molecule has 0 aromatic heterocycles. The van der Waals surface area contributed by atoms with Gasteiger partial charge in [-0.25, -0.2) is 0 Å². The van der Waals surface area contributed by atoms with E-state index in [2.05, 4.69) is 28.6 Å². The summed E-state index contributed by atoms with van der Waals surface area (Å²) in [6.07, 6.45) is -0.0859. The lowest BCUT2D eigenvalue weighted by atomic mass is 10.0. The van der Waals surface area contributed by atoms with Gasteiger partial charge in [-0.15, -0.1) is 0 Å². The molecule has 5 amide bonds. The summed E-state index contributed by atoms with van der Waals surface area (Å²) >= 11 is 4.02. The van der Waals surface area contributed by atoms with Gasteiger partial charge < -0.3 is 16.0 Å². The van der Waals surface area contributed by atoms with E-state index in [-0.39, 0.29) is 37.1 Å². The van der Waals surface area contributed by atoms with Crippen LogP contribution in [0.2, 0.25) is 0 Å². The molecule has 1 fully saturated rings. The van der Waals surface area contributed by atoms with E-state index in [1.165, 1.54) is 14.0 Å². The zero-order valence-electron chi connectivity index (χ0n) is 15.4. The highest BCUT2D eigenvalue weighted by atomic mass is 32.1. The molecule has 0 aromatic rings. The van der Waals surface area contributed by atoms with Crippen molar-refractivity contribution in [3.05, 3.63) is 0 Å². The summed E-state index contributed by atoms with van der Waals surface area (Å²) < 4.78 is 0. The molecular weight excluding hydrogens is 360 g/mol. The minimum atomic E-state index is -0.836. The molecule has 9 nitrogen and oxygen atoms in total. The fourth-order valence-electron chi connectivity index (χ4n) is 2.48. The molecule has 0 spiro atoms. The Bertz CT molecular complexity index is 595. The third kappa shape index (κ3) is 5.72. The Morgan fingerprint density at radius 3 is 2.23 bits per heavy atom. The molecule has 0 saturated carbocycles. The molecule has 0 aromatic carbocycles. The molecule has 0 radical (unpaired) electrons. The molecule has 26 heavy (non-hydrogen) atoms. The summed E-state index contributed by atoms with van der Waals surface area (Å²) in [6.45, 7) is 5.00. The second-order valence-corrected chi connectivity index (χ2v) is 7.11. The lowest BCUT2D eigenvalue weighted by Gasteiger charge is -2.24. The van der Waals surface area contributed by atoms with E-state index in [0.29, 0.717) is 0 Å². The van der Waals surface area contributed by atoms with Crippen molar-refractivity contribution < 1.29 is 24.0 Å². The maximum atomic E-state index is 12.3. The van der Waals surface area contributed by atoms with Crippen molar-refractivity contribution in [1.29, 1.82) is 0 Å². The fourth-order valence-corrected chi connectivity index (χ4v) is 2.78. The molecule has 2 unspecified atom stereocenters. The lowest BCUT2D eigenvalue weighted by Crippen LogP contribution is -2.54. The van der Waals surface area contributed by atoms with Crippen LogP contribution in [-0.2, 0) is 24.0 Å². The quantitative estimate of drug-likeness (QED) is 0.309. The van der Waals surface area contributed by atoms with Crippen LogP contribution in [0.15, 0.2) is 0 Å².